The van der Waals surface area contributed by atoms with Crippen molar-refractivity contribution in [3.63, 3.8) is 0 Å². The molecule has 1 aromatic rings. The second-order valence-electron chi connectivity index (χ2n) is 2.72. The average molecular weight is 290 g/mol. The van der Waals surface area contributed by atoms with E-state index in [2.05, 4.69) is 15.9 Å². The van der Waals surface area contributed by atoms with Crippen molar-refractivity contribution in [2.75, 3.05) is 5.73 Å². The standard InChI is InChI=1S/C8H5BrF5N/c9-4-2-1-3(7(10)11)6(15)5(4)8(12,13)14/h1-2,7H,15H2. The van der Waals surface area contributed by atoms with E-state index in [4.69, 9.17) is 5.73 Å². The molecule has 0 amide bonds. The second-order valence-corrected chi connectivity index (χ2v) is 3.58. The van der Waals surface area contributed by atoms with E-state index in [0.717, 1.165) is 12.1 Å². The fourth-order valence-corrected chi connectivity index (χ4v) is 1.66. The van der Waals surface area contributed by atoms with Gasteiger partial charge in [0.1, 0.15) is 0 Å². The smallest absolute Gasteiger partial charge is 0.398 e. The summed E-state index contributed by atoms with van der Waals surface area (Å²) in [7, 11) is 0. The number of nitrogens with two attached hydrogens (primary N) is 1. The summed E-state index contributed by atoms with van der Waals surface area (Å²) in [5.74, 6) is 0. The highest BCUT2D eigenvalue weighted by atomic mass is 79.9. The van der Waals surface area contributed by atoms with Crippen molar-refractivity contribution in [1.29, 1.82) is 0 Å². The van der Waals surface area contributed by atoms with E-state index >= 15 is 0 Å². The molecule has 0 aliphatic heterocycles. The third kappa shape index (κ3) is 2.39. The van der Waals surface area contributed by atoms with Gasteiger partial charge in [-0.05, 0) is 6.07 Å². The van der Waals surface area contributed by atoms with Gasteiger partial charge in [-0.1, -0.05) is 22.0 Å². The van der Waals surface area contributed by atoms with Crippen LogP contribution in [0.1, 0.15) is 17.6 Å². The van der Waals surface area contributed by atoms with Crippen LogP contribution in [0.15, 0.2) is 16.6 Å². The van der Waals surface area contributed by atoms with Crippen molar-refractivity contribution in [2.24, 2.45) is 0 Å². The number of benzene rings is 1. The van der Waals surface area contributed by atoms with Crippen molar-refractivity contribution in [2.45, 2.75) is 12.6 Å². The Balaban J connectivity index is 3.44. The second kappa shape index (κ2) is 3.96. The van der Waals surface area contributed by atoms with E-state index in [1.165, 1.54) is 0 Å². The number of nitrogen functional groups attached to an aromatic ring is 1. The first kappa shape index (κ1) is 12.2. The molecule has 1 rings (SSSR count). The molecule has 7 heteroatoms. The molecular formula is C8H5BrF5N. The van der Waals surface area contributed by atoms with Gasteiger partial charge in [0.25, 0.3) is 6.43 Å². The lowest BCUT2D eigenvalue weighted by Gasteiger charge is -2.14. The third-order valence-electron chi connectivity index (χ3n) is 1.75. The Morgan fingerprint density at radius 1 is 1.20 bits per heavy atom. The Morgan fingerprint density at radius 3 is 2.13 bits per heavy atom. The molecular weight excluding hydrogens is 285 g/mol. The van der Waals surface area contributed by atoms with Gasteiger partial charge in [0.15, 0.2) is 0 Å². The SMILES string of the molecule is Nc1c(C(F)F)ccc(Br)c1C(F)(F)F. The molecule has 0 atom stereocenters. The summed E-state index contributed by atoms with van der Waals surface area (Å²) in [5, 5.41) is 0. The molecule has 0 bridgehead atoms. The molecule has 0 unspecified atom stereocenters. The maximum atomic E-state index is 12.4. The zero-order valence-corrected chi connectivity index (χ0v) is 8.66. The van der Waals surface area contributed by atoms with Crippen LogP contribution in [0.2, 0.25) is 0 Å². The molecule has 84 valence electrons. The van der Waals surface area contributed by atoms with Gasteiger partial charge in [-0.2, -0.15) is 13.2 Å². The Hall–Kier alpha value is -0.850. The molecule has 1 nitrogen and oxygen atoms in total. The van der Waals surface area contributed by atoms with Crippen LogP contribution in [-0.4, -0.2) is 0 Å². The molecule has 2 N–H and O–H groups in total. The van der Waals surface area contributed by atoms with Crippen molar-refractivity contribution in [3.05, 3.63) is 27.7 Å². The van der Waals surface area contributed by atoms with Crippen molar-refractivity contribution in [1.82, 2.24) is 0 Å². The largest absolute Gasteiger partial charge is 0.419 e. The summed E-state index contributed by atoms with van der Waals surface area (Å²) in [6.07, 6.45) is -7.78. The van der Waals surface area contributed by atoms with Crippen LogP contribution in [0.4, 0.5) is 27.6 Å². The Labute approximate surface area is 90.2 Å². The first-order chi connectivity index (χ1) is 6.75. The minimum atomic E-state index is -4.76. The summed E-state index contributed by atoms with van der Waals surface area (Å²) in [6.45, 7) is 0. The molecule has 0 aliphatic rings. The fraction of sp³-hybridized carbons (Fsp3) is 0.250. The van der Waals surface area contributed by atoms with Crippen LogP contribution in [0, 0.1) is 0 Å². The van der Waals surface area contributed by atoms with Crippen LogP contribution in [-0.2, 0) is 6.18 Å². The van der Waals surface area contributed by atoms with E-state index in [1.807, 2.05) is 0 Å². The van der Waals surface area contributed by atoms with Crippen LogP contribution in [0.5, 0.6) is 0 Å². The monoisotopic (exact) mass is 289 g/mol. The van der Waals surface area contributed by atoms with Gasteiger partial charge in [0, 0.05) is 10.0 Å². The van der Waals surface area contributed by atoms with Gasteiger partial charge in [-0.25, -0.2) is 8.78 Å². The zero-order chi connectivity index (χ0) is 11.8. The van der Waals surface area contributed by atoms with E-state index in [1.54, 1.807) is 0 Å². The predicted molar refractivity (Wildman–Crippen MR) is 48.5 cm³/mol. The topological polar surface area (TPSA) is 26.0 Å². The molecule has 15 heavy (non-hydrogen) atoms. The molecule has 0 radical (unpaired) electrons. The van der Waals surface area contributed by atoms with Gasteiger partial charge in [0.2, 0.25) is 0 Å². The predicted octanol–water partition coefficient (Wildman–Crippen LogP) is 3.99. The number of halogens is 6. The number of hydrogen-bond acceptors (Lipinski definition) is 1. The molecule has 1 aromatic carbocycles. The van der Waals surface area contributed by atoms with Crippen LogP contribution in [0.25, 0.3) is 0 Å². The molecule has 0 spiro atoms. The summed E-state index contributed by atoms with van der Waals surface area (Å²) in [4.78, 5) is 0. The Morgan fingerprint density at radius 2 is 1.73 bits per heavy atom. The van der Waals surface area contributed by atoms with Crippen molar-refractivity contribution >= 4 is 21.6 Å². The molecule has 0 heterocycles. The molecule has 0 fully saturated rings. The molecule has 0 saturated heterocycles. The summed E-state index contributed by atoms with van der Waals surface area (Å²) in [5.41, 5.74) is 2.03. The molecule has 0 aliphatic carbocycles. The van der Waals surface area contributed by atoms with Crippen molar-refractivity contribution < 1.29 is 22.0 Å². The van der Waals surface area contributed by atoms with E-state index in [9.17, 15) is 22.0 Å². The fourth-order valence-electron chi connectivity index (χ4n) is 1.09. The summed E-state index contributed by atoms with van der Waals surface area (Å²) >= 11 is 2.62. The quantitative estimate of drug-likeness (QED) is 0.614. The highest BCUT2D eigenvalue weighted by molar-refractivity contribution is 9.10. The third-order valence-corrected chi connectivity index (χ3v) is 2.41. The van der Waals surface area contributed by atoms with Crippen LogP contribution >= 0.6 is 15.9 Å². The number of hydrogen-bond donors (Lipinski definition) is 1. The zero-order valence-electron chi connectivity index (χ0n) is 7.08. The van der Waals surface area contributed by atoms with Gasteiger partial charge < -0.3 is 5.73 Å². The first-order valence-corrected chi connectivity index (χ1v) is 4.47. The minimum absolute atomic E-state index is 0.350. The Bertz CT molecular complexity index is 374. The minimum Gasteiger partial charge on any atom is -0.398 e. The maximum Gasteiger partial charge on any atom is 0.419 e. The normalized spacial score (nSPS) is 12.2. The lowest BCUT2D eigenvalue weighted by Crippen LogP contribution is -2.12. The van der Waals surface area contributed by atoms with Crippen LogP contribution < -0.4 is 5.73 Å². The lowest BCUT2D eigenvalue weighted by molar-refractivity contribution is -0.137. The van der Waals surface area contributed by atoms with Crippen molar-refractivity contribution in [3.8, 4) is 0 Å². The maximum absolute atomic E-state index is 12.4. The molecule has 0 saturated carbocycles. The highest BCUT2D eigenvalue weighted by Gasteiger charge is 2.37. The summed E-state index contributed by atoms with van der Waals surface area (Å²) in [6, 6.07) is 1.76. The van der Waals surface area contributed by atoms with Gasteiger partial charge in [-0.15, -0.1) is 0 Å². The van der Waals surface area contributed by atoms with E-state index < -0.39 is 29.4 Å². The van der Waals surface area contributed by atoms with Crippen LogP contribution in [0.3, 0.4) is 0 Å². The highest BCUT2D eigenvalue weighted by Crippen LogP contribution is 2.42. The average Bonchev–Trinajstić information content (AvgIpc) is 2.00. The number of anilines is 1. The van der Waals surface area contributed by atoms with Gasteiger partial charge in [0.05, 0.1) is 11.3 Å². The van der Waals surface area contributed by atoms with E-state index in [0.29, 0.717) is 0 Å². The molecule has 0 aromatic heterocycles. The number of rotatable bonds is 1. The van der Waals surface area contributed by atoms with Gasteiger partial charge >= 0.3 is 6.18 Å². The summed E-state index contributed by atoms with van der Waals surface area (Å²) < 4.78 is 61.4. The first-order valence-electron chi connectivity index (χ1n) is 3.68. The van der Waals surface area contributed by atoms with Gasteiger partial charge in [-0.3, -0.25) is 0 Å². The Kier molecular flexibility index (Phi) is 3.22. The lowest BCUT2D eigenvalue weighted by atomic mass is 10.1. The number of alkyl halides is 5. The van der Waals surface area contributed by atoms with E-state index in [-0.39, 0.29) is 4.47 Å².